The molecule has 0 saturated heterocycles. The first kappa shape index (κ1) is 40.5. The molecule has 262 valence electrons. The lowest BCUT2D eigenvalue weighted by Crippen LogP contribution is -2.58. The van der Waals surface area contributed by atoms with Crippen LogP contribution in [0.2, 0.25) is 0 Å². The summed E-state index contributed by atoms with van der Waals surface area (Å²) in [6.45, 7) is 3.86. The second-order valence-corrected chi connectivity index (χ2v) is 11.7. The summed E-state index contributed by atoms with van der Waals surface area (Å²) in [6, 6.07) is 3.84. The van der Waals surface area contributed by atoms with Crippen molar-refractivity contribution in [3.05, 3.63) is 35.9 Å². The zero-order valence-corrected chi connectivity index (χ0v) is 27.0. The number of guanidine groups is 1. The van der Waals surface area contributed by atoms with Crippen LogP contribution in [0.15, 0.2) is 35.3 Å². The third-order valence-electron chi connectivity index (χ3n) is 7.33. The summed E-state index contributed by atoms with van der Waals surface area (Å²) in [4.78, 5) is 80.2. The molecule has 0 bridgehead atoms. The van der Waals surface area contributed by atoms with Crippen LogP contribution in [0.25, 0.3) is 0 Å². The van der Waals surface area contributed by atoms with Crippen molar-refractivity contribution >= 4 is 41.4 Å². The van der Waals surface area contributed by atoms with Gasteiger partial charge in [-0.1, -0.05) is 44.2 Å². The van der Waals surface area contributed by atoms with Crippen LogP contribution >= 0.6 is 0 Å². The highest BCUT2D eigenvalue weighted by atomic mass is 16.4. The monoisotopic (exact) mass is 662 g/mol. The van der Waals surface area contributed by atoms with Gasteiger partial charge >= 0.3 is 11.9 Å². The summed E-state index contributed by atoms with van der Waals surface area (Å²) >= 11 is 0. The molecule has 3 amide bonds. The van der Waals surface area contributed by atoms with Crippen LogP contribution in [0.4, 0.5) is 0 Å². The molecule has 13 N–H and O–H groups in total. The maximum absolute atomic E-state index is 13.3. The lowest BCUT2D eigenvalue weighted by atomic mass is 9.89. The van der Waals surface area contributed by atoms with E-state index in [1.807, 2.05) is 0 Å². The van der Waals surface area contributed by atoms with Crippen molar-refractivity contribution in [1.82, 2.24) is 16.0 Å². The largest absolute Gasteiger partial charge is 0.481 e. The van der Waals surface area contributed by atoms with E-state index in [9.17, 15) is 39.0 Å². The van der Waals surface area contributed by atoms with Gasteiger partial charge in [-0.3, -0.25) is 33.8 Å². The van der Waals surface area contributed by atoms with Gasteiger partial charge in [0.25, 0.3) is 0 Å². The molecular formula is C31H50N8O8. The van der Waals surface area contributed by atoms with Gasteiger partial charge in [0.1, 0.15) is 12.1 Å². The summed E-state index contributed by atoms with van der Waals surface area (Å²) in [5.74, 6) is -7.22. The van der Waals surface area contributed by atoms with E-state index in [2.05, 4.69) is 20.9 Å². The maximum Gasteiger partial charge on any atom is 0.307 e. The molecule has 0 saturated carbocycles. The molecule has 0 spiro atoms. The minimum atomic E-state index is -1.61. The number of nitrogens with two attached hydrogens (primary N) is 4. The Balaban J connectivity index is 3.06. The van der Waals surface area contributed by atoms with Crippen molar-refractivity contribution in [2.24, 2.45) is 39.8 Å². The molecule has 1 rings (SSSR count). The lowest BCUT2D eigenvalue weighted by molar-refractivity contribution is -0.144. The highest BCUT2D eigenvalue weighted by molar-refractivity contribution is 5.97. The van der Waals surface area contributed by atoms with Crippen molar-refractivity contribution in [3.63, 3.8) is 0 Å². The fourth-order valence-electron chi connectivity index (χ4n) is 4.74. The van der Waals surface area contributed by atoms with Crippen LogP contribution in [-0.4, -0.2) is 88.9 Å². The summed E-state index contributed by atoms with van der Waals surface area (Å²) in [6.07, 6.45) is 0.582. The zero-order valence-electron chi connectivity index (χ0n) is 27.0. The van der Waals surface area contributed by atoms with E-state index in [-0.39, 0.29) is 38.2 Å². The number of Topliss-reactive ketones (excluding diaryl/α,β-unsaturated/α-hetero) is 1. The number of aliphatic carboxylic acids is 2. The summed E-state index contributed by atoms with van der Waals surface area (Å²) in [5.41, 5.74) is 22.8. The minimum absolute atomic E-state index is 0.0928. The van der Waals surface area contributed by atoms with Crippen LogP contribution in [0.3, 0.4) is 0 Å². The second kappa shape index (κ2) is 21.3. The van der Waals surface area contributed by atoms with Gasteiger partial charge in [-0.2, -0.15) is 0 Å². The topological polar surface area (TPSA) is 295 Å². The van der Waals surface area contributed by atoms with E-state index in [0.29, 0.717) is 25.8 Å². The third-order valence-corrected chi connectivity index (χ3v) is 7.33. The van der Waals surface area contributed by atoms with E-state index in [0.717, 1.165) is 5.56 Å². The van der Waals surface area contributed by atoms with E-state index < -0.39 is 77.9 Å². The number of nitrogens with one attached hydrogen (secondary N) is 3. The molecule has 0 radical (unpaired) electrons. The number of hydrogen-bond donors (Lipinski definition) is 9. The smallest absolute Gasteiger partial charge is 0.307 e. The first-order valence-corrected chi connectivity index (χ1v) is 15.6. The molecule has 16 heteroatoms. The predicted octanol–water partition coefficient (Wildman–Crippen LogP) is -1.02. The standard InChI is InChI=1S/C31H50N8O8/c1-18(2)26(24(40)16-20(30(46)47)15-19-9-4-3-5-10-19)39-29(45)23(17-25(41)42)38-28(44)22(12-6-7-13-32)37-27(43)21(33)11-8-14-36-31(34)35/h3-5,9-10,18,20-23,26H,6-8,11-17,32-33H2,1-2H3,(H,37,43)(H,38,44)(H,39,45)(H,41,42)(H,46,47)(H4,34,35,36)/t20-,21-,22-,23-,26-/m0/s1. The molecule has 47 heavy (non-hydrogen) atoms. The van der Waals surface area contributed by atoms with E-state index in [4.69, 9.17) is 22.9 Å². The fourth-order valence-corrected chi connectivity index (χ4v) is 4.74. The molecule has 16 nitrogen and oxygen atoms in total. The van der Waals surface area contributed by atoms with Crippen molar-refractivity contribution < 1.29 is 39.0 Å². The van der Waals surface area contributed by atoms with Crippen LogP contribution < -0.4 is 38.9 Å². The first-order valence-electron chi connectivity index (χ1n) is 15.6. The molecule has 0 fully saturated rings. The average molecular weight is 663 g/mol. The Morgan fingerprint density at radius 2 is 1.43 bits per heavy atom. The van der Waals surface area contributed by atoms with Gasteiger partial charge < -0.3 is 49.1 Å². The lowest BCUT2D eigenvalue weighted by Gasteiger charge is -2.27. The van der Waals surface area contributed by atoms with E-state index >= 15 is 0 Å². The molecular weight excluding hydrogens is 612 g/mol. The van der Waals surface area contributed by atoms with Gasteiger partial charge in [-0.15, -0.1) is 0 Å². The summed E-state index contributed by atoms with van der Waals surface area (Å²) < 4.78 is 0. The number of benzene rings is 1. The van der Waals surface area contributed by atoms with Gasteiger partial charge in [0, 0.05) is 13.0 Å². The van der Waals surface area contributed by atoms with Gasteiger partial charge in [0.15, 0.2) is 11.7 Å². The van der Waals surface area contributed by atoms with Crippen molar-refractivity contribution in [2.45, 2.75) is 89.4 Å². The predicted molar refractivity (Wildman–Crippen MR) is 175 cm³/mol. The Morgan fingerprint density at radius 1 is 0.809 bits per heavy atom. The number of carboxylic acids is 2. The number of hydrogen-bond acceptors (Lipinski definition) is 9. The van der Waals surface area contributed by atoms with Crippen LogP contribution in [-0.2, 0) is 35.2 Å². The van der Waals surface area contributed by atoms with Crippen molar-refractivity contribution in [2.75, 3.05) is 13.1 Å². The zero-order chi connectivity index (χ0) is 35.5. The molecule has 1 aromatic rings. The summed E-state index contributed by atoms with van der Waals surface area (Å²) in [7, 11) is 0. The maximum atomic E-state index is 13.3. The molecule has 0 aromatic heterocycles. The number of amides is 3. The highest BCUT2D eigenvalue weighted by Crippen LogP contribution is 2.17. The van der Waals surface area contributed by atoms with E-state index in [1.54, 1.807) is 44.2 Å². The van der Waals surface area contributed by atoms with Crippen LogP contribution in [0, 0.1) is 11.8 Å². The normalized spacial score (nSPS) is 14.1. The Labute approximate surface area is 274 Å². The number of ketones is 1. The Kier molecular flexibility index (Phi) is 18.3. The van der Waals surface area contributed by atoms with Crippen LogP contribution in [0.5, 0.6) is 0 Å². The van der Waals surface area contributed by atoms with Crippen molar-refractivity contribution in [1.29, 1.82) is 0 Å². The minimum Gasteiger partial charge on any atom is -0.481 e. The number of aliphatic imine (C=N–C) groups is 1. The number of carbonyl (C=O) groups is 6. The fraction of sp³-hybridized carbons (Fsp3) is 0.581. The van der Waals surface area contributed by atoms with Gasteiger partial charge in [0.2, 0.25) is 17.7 Å². The average Bonchev–Trinajstić information content (AvgIpc) is 3.00. The Bertz CT molecular complexity index is 1220. The quantitative estimate of drug-likeness (QED) is 0.0387. The summed E-state index contributed by atoms with van der Waals surface area (Å²) in [5, 5.41) is 26.7. The third kappa shape index (κ3) is 16.0. The highest BCUT2D eigenvalue weighted by Gasteiger charge is 2.34. The van der Waals surface area contributed by atoms with E-state index in [1.165, 1.54) is 0 Å². The molecule has 1 aromatic carbocycles. The molecule has 0 heterocycles. The van der Waals surface area contributed by atoms with Gasteiger partial charge in [-0.25, -0.2) is 0 Å². The second-order valence-electron chi connectivity index (χ2n) is 11.7. The molecule has 5 atom stereocenters. The molecule has 0 aliphatic rings. The Hall–Kier alpha value is -4.57. The Morgan fingerprint density at radius 3 is 1.98 bits per heavy atom. The van der Waals surface area contributed by atoms with Crippen molar-refractivity contribution in [3.8, 4) is 0 Å². The van der Waals surface area contributed by atoms with Crippen LogP contribution in [0.1, 0.15) is 64.4 Å². The molecule has 0 aliphatic carbocycles. The number of carboxylic acid groups (broad SMARTS) is 2. The number of rotatable bonds is 23. The van der Waals surface area contributed by atoms with Gasteiger partial charge in [-0.05, 0) is 56.6 Å². The molecule has 0 aliphatic heterocycles. The molecule has 0 unspecified atom stereocenters. The number of unbranched alkanes of at least 4 members (excludes halogenated alkanes) is 1. The number of nitrogens with zero attached hydrogens (tertiary/aromatic N) is 1. The SMILES string of the molecule is CC(C)[C@H](NC(=O)[C@H](CC(=O)O)NC(=O)[C@H](CCCCN)NC(=O)[C@@H](N)CCCN=C(N)N)C(=O)C[C@H](Cc1ccccc1)C(=O)O. The number of carbonyl (C=O) groups excluding carboxylic acids is 4. The van der Waals surface area contributed by atoms with Gasteiger partial charge in [0.05, 0.1) is 24.4 Å². The first-order chi connectivity index (χ1) is 22.2.